The highest BCUT2D eigenvalue weighted by atomic mass is 16.3. The van der Waals surface area contributed by atoms with Crippen molar-refractivity contribution in [2.24, 2.45) is 0 Å². The molecule has 2 rings (SSSR count). The van der Waals surface area contributed by atoms with Gasteiger partial charge in [0.25, 0.3) is 0 Å². The maximum absolute atomic E-state index is 9.46. The summed E-state index contributed by atoms with van der Waals surface area (Å²) >= 11 is 0. The molecule has 0 bridgehead atoms. The molecule has 1 heterocycles. The molecule has 88 valence electrons. The Labute approximate surface area is 97.9 Å². The molecule has 0 spiro atoms. The molecule has 1 saturated heterocycles. The summed E-state index contributed by atoms with van der Waals surface area (Å²) in [5.74, 6) is 0. The molecule has 1 fully saturated rings. The van der Waals surface area contributed by atoms with E-state index in [9.17, 15) is 5.11 Å². The second-order valence-corrected chi connectivity index (χ2v) is 4.67. The molecule has 0 saturated carbocycles. The molecule has 1 aliphatic rings. The lowest BCUT2D eigenvalue weighted by Crippen LogP contribution is -2.28. The van der Waals surface area contributed by atoms with Gasteiger partial charge in [0.1, 0.15) is 0 Å². The first-order valence-corrected chi connectivity index (χ1v) is 6.27. The Morgan fingerprint density at radius 1 is 1.38 bits per heavy atom. The van der Waals surface area contributed by atoms with Crippen LogP contribution >= 0.6 is 0 Å². The monoisotopic (exact) mass is 219 g/mol. The topological polar surface area (TPSA) is 23.5 Å². The Bertz CT molecular complexity index is 331. The number of anilines is 1. The maximum atomic E-state index is 9.46. The van der Waals surface area contributed by atoms with Gasteiger partial charge in [-0.2, -0.15) is 0 Å². The lowest BCUT2D eigenvalue weighted by molar-refractivity contribution is 0.199. The van der Waals surface area contributed by atoms with E-state index in [-0.39, 0.29) is 6.10 Å². The van der Waals surface area contributed by atoms with Gasteiger partial charge < -0.3 is 10.0 Å². The van der Waals surface area contributed by atoms with Crippen molar-refractivity contribution in [2.45, 2.75) is 45.3 Å². The molecule has 0 aliphatic carbocycles. The zero-order valence-corrected chi connectivity index (χ0v) is 10.2. The number of benzene rings is 1. The summed E-state index contributed by atoms with van der Waals surface area (Å²) < 4.78 is 0. The molecule has 2 nitrogen and oxygen atoms in total. The summed E-state index contributed by atoms with van der Waals surface area (Å²) in [6.45, 7) is 5.24. The number of hydrogen-bond donors (Lipinski definition) is 1. The van der Waals surface area contributed by atoms with E-state index in [1.807, 2.05) is 12.1 Å². The fourth-order valence-electron chi connectivity index (χ4n) is 2.54. The van der Waals surface area contributed by atoms with E-state index in [1.54, 1.807) is 6.92 Å². The Balaban J connectivity index is 2.15. The minimum absolute atomic E-state index is 0.366. The molecule has 1 aromatic carbocycles. The first-order valence-electron chi connectivity index (χ1n) is 6.27. The van der Waals surface area contributed by atoms with Crippen molar-refractivity contribution in [2.75, 3.05) is 11.4 Å². The fraction of sp³-hybridized carbons (Fsp3) is 0.571. The van der Waals surface area contributed by atoms with Crippen molar-refractivity contribution >= 4 is 5.69 Å². The van der Waals surface area contributed by atoms with Crippen molar-refractivity contribution < 1.29 is 5.11 Å². The molecule has 2 unspecified atom stereocenters. The van der Waals surface area contributed by atoms with Crippen molar-refractivity contribution in [3.63, 3.8) is 0 Å². The summed E-state index contributed by atoms with van der Waals surface area (Å²) in [6, 6.07) is 9.04. The van der Waals surface area contributed by atoms with Crippen LogP contribution < -0.4 is 4.90 Å². The van der Waals surface area contributed by atoms with Crippen LogP contribution in [0.1, 0.15) is 44.8 Å². The van der Waals surface area contributed by atoms with Gasteiger partial charge in [0, 0.05) is 18.3 Å². The van der Waals surface area contributed by atoms with E-state index >= 15 is 0 Å². The van der Waals surface area contributed by atoms with Crippen LogP contribution in [0.25, 0.3) is 0 Å². The number of rotatable bonds is 3. The van der Waals surface area contributed by atoms with Gasteiger partial charge in [0.2, 0.25) is 0 Å². The van der Waals surface area contributed by atoms with Gasteiger partial charge in [-0.3, -0.25) is 0 Å². The minimum Gasteiger partial charge on any atom is -0.389 e. The van der Waals surface area contributed by atoms with Crippen LogP contribution in [0.3, 0.4) is 0 Å². The van der Waals surface area contributed by atoms with Crippen molar-refractivity contribution in [1.29, 1.82) is 0 Å². The average Bonchev–Trinajstić information content (AvgIpc) is 2.77. The van der Waals surface area contributed by atoms with Crippen LogP contribution in [-0.2, 0) is 0 Å². The second-order valence-electron chi connectivity index (χ2n) is 4.67. The lowest BCUT2D eigenvalue weighted by atomic mass is 10.1. The van der Waals surface area contributed by atoms with Gasteiger partial charge in [0.05, 0.1) is 6.10 Å². The largest absolute Gasteiger partial charge is 0.389 e. The smallest absolute Gasteiger partial charge is 0.0761 e. The molecule has 0 amide bonds. The fourth-order valence-corrected chi connectivity index (χ4v) is 2.54. The van der Waals surface area contributed by atoms with Crippen LogP contribution in [0.5, 0.6) is 0 Å². The van der Waals surface area contributed by atoms with E-state index in [0.29, 0.717) is 6.04 Å². The predicted molar refractivity (Wildman–Crippen MR) is 67.7 cm³/mol. The molecule has 0 aromatic heterocycles. The summed E-state index contributed by atoms with van der Waals surface area (Å²) in [5.41, 5.74) is 2.30. The molecule has 1 aliphatic heterocycles. The summed E-state index contributed by atoms with van der Waals surface area (Å²) in [5, 5.41) is 9.46. The highest BCUT2D eigenvalue weighted by Gasteiger charge is 2.22. The Hall–Kier alpha value is -1.02. The van der Waals surface area contributed by atoms with Crippen LogP contribution in [0, 0.1) is 0 Å². The number of hydrogen-bond acceptors (Lipinski definition) is 2. The number of aliphatic hydroxyl groups is 1. The minimum atomic E-state index is -0.366. The molecule has 1 aromatic rings. The molecule has 0 radical (unpaired) electrons. The summed E-state index contributed by atoms with van der Waals surface area (Å²) in [4.78, 5) is 2.49. The van der Waals surface area contributed by atoms with E-state index in [0.717, 1.165) is 5.56 Å². The Morgan fingerprint density at radius 2 is 2.06 bits per heavy atom. The van der Waals surface area contributed by atoms with Crippen molar-refractivity contribution in [1.82, 2.24) is 0 Å². The first kappa shape index (κ1) is 11.5. The normalized spacial score (nSPS) is 22.4. The third kappa shape index (κ3) is 2.22. The number of aliphatic hydroxyl groups excluding tert-OH is 1. The summed E-state index contributed by atoms with van der Waals surface area (Å²) in [6.07, 6.45) is 3.47. The average molecular weight is 219 g/mol. The first-order chi connectivity index (χ1) is 7.72. The van der Waals surface area contributed by atoms with Crippen LogP contribution in [0.2, 0.25) is 0 Å². The SMILES string of the molecule is CCC1CCCN1c1ccc(C(C)O)cc1. The van der Waals surface area contributed by atoms with Crippen LogP contribution in [-0.4, -0.2) is 17.7 Å². The van der Waals surface area contributed by atoms with E-state index in [1.165, 1.54) is 31.5 Å². The Kier molecular flexibility index (Phi) is 3.49. The summed E-state index contributed by atoms with van der Waals surface area (Å²) in [7, 11) is 0. The molecule has 16 heavy (non-hydrogen) atoms. The van der Waals surface area contributed by atoms with Gasteiger partial charge >= 0.3 is 0 Å². The van der Waals surface area contributed by atoms with Gasteiger partial charge in [-0.15, -0.1) is 0 Å². The van der Waals surface area contributed by atoms with Crippen molar-refractivity contribution in [3.8, 4) is 0 Å². The quantitative estimate of drug-likeness (QED) is 0.844. The third-order valence-electron chi connectivity index (χ3n) is 3.56. The van der Waals surface area contributed by atoms with Gasteiger partial charge in [-0.1, -0.05) is 19.1 Å². The van der Waals surface area contributed by atoms with E-state index in [2.05, 4.69) is 24.0 Å². The van der Waals surface area contributed by atoms with Crippen LogP contribution in [0.15, 0.2) is 24.3 Å². The highest BCUT2D eigenvalue weighted by Crippen LogP contribution is 2.28. The zero-order valence-electron chi connectivity index (χ0n) is 10.2. The molecule has 1 N–H and O–H groups in total. The van der Waals surface area contributed by atoms with Crippen LogP contribution in [0.4, 0.5) is 5.69 Å². The van der Waals surface area contributed by atoms with Gasteiger partial charge in [-0.05, 0) is 43.9 Å². The maximum Gasteiger partial charge on any atom is 0.0761 e. The Morgan fingerprint density at radius 3 is 2.62 bits per heavy atom. The van der Waals surface area contributed by atoms with Gasteiger partial charge in [-0.25, -0.2) is 0 Å². The predicted octanol–water partition coefficient (Wildman–Crippen LogP) is 3.12. The molecule has 2 atom stereocenters. The number of nitrogens with zero attached hydrogens (tertiary/aromatic N) is 1. The standard InChI is InChI=1S/C14H21NO/c1-3-13-5-4-10-15(13)14-8-6-12(7-9-14)11(2)16/h6-9,11,13,16H,3-5,10H2,1-2H3. The lowest BCUT2D eigenvalue weighted by Gasteiger charge is -2.26. The van der Waals surface area contributed by atoms with E-state index < -0.39 is 0 Å². The third-order valence-corrected chi connectivity index (χ3v) is 3.56. The zero-order chi connectivity index (χ0) is 11.5. The van der Waals surface area contributed by atoms with E-state index in [4.69, 9.17) is 0 Å². The molecular formula is C14H21NO. The molecular weight excluding hydrogens is 198 g/mol. The van der Waals surface area contributed by atoms with Gasteiger partial charge in [0.15, 0.2) is 0 Å². The molecule has 2 heteroatoms. The second kappa shape index (κ2) is 4.88. The highest BCUT2D eigenvalue weighted by molar-refractivity contribution is 5.49. The van der Waals surface area contributed by atoms with Crippen molar-refractivity contribution in [3.05, 3.63) is 29.8 Å².